The number of carbonyl (C=O) groups is 1. The number of aliphatic hydroxyl groups is 1. The zero-order valence-corrected chi connectivity index (χ0v) is 23.2. The number of benzene rings is 3. The molecule has 1 atom stereocenters. The lowest BCUT2D eigenvalue weighted by atomic mass is 9.88. The fourth-order valence-corrected chi connectivity index (χ4v) is 6.72. The van der Waals surface area contributed by atoms with Gasteiger partial charge < -0.3 is 10.4 Å². The van der Waals surface area contributed by atoms with Gasteiger partial charge in [-0.1, -0.05) is 42.5 Å². The molecule has 232 valence electrons. The summed E-state index contributed by atoms with van der Waals surface area (Å²) in [6.45, 7) is -0.208. The van der Waals surface area contributed by atoms with Crippen molar-refractivity contribution < 1.29 is 49.1 Å². The summed E-state index contributed by atoms with van der Waals surface area (Å²) in [5.41, 5.74) is -6.11. The molecule has 0 bridgehead atoms. The topological polar surface area (TPSA) is 86.7 Å². The molecule has 3 aromatic rings. The SMILES string of the molecule is O=C(CCCc1ccccc1)NC[C@@H]1CCc2cc(C(O)(C(F)(F)F)C(F)(F)F)ccc2N1S(=O)(=O)c1ccc(F)cc1. The number of anilines is 1. The number of fused-ring (bicyclic) bond motifs is 1. The standard InChI is InChI=1S/C29H27F7N2O4S/c30-22-11-14-24(15-12-22)43(41,42)38-23(18-37-26(39)8-4-7-19-5-2-1-3-6-19)13-9-20-17-21(10-16-25(20)38)27(40,28(31,32)33)29(34,35)36/h1-3,5-6,10-12,14-17,23,40H,4,7-9,13,18H2,(H,37,39)/t23-/m0/s1. The van der Waals surface area contributed by atoms with Gasteiger partial charge in [-0.3, -0.25) is 9.10 Å². The van der Waals surface area contributed by atoms with Crippen molar-refractivity contribution in [2.24, 2.45) is 0 Å². The molecule has 1 heterocycles. The van der Waals surface area contributed by atoms with E-state index in [2.05, 4.69) is 5.32 Å². The summed E-state index contributed by atoms with van der Waals surface area (Å²) >= 11 is 0. The number of carbonyl (C=O) groups excluding carboxylic acids is 1. The van der Waals surface area contributed by atoms with Gasteiger partial charge in [0.2, 0.25) is 5.91 Å². The van der Waals surface area contributed by atoms with Crippen molar-refractivity contribution >= 4 is 21.6 Å². The zero-order valence-electron chi connectivity index (χ0n) is 22.4. The minimum atomic E-state index is -6.12. The highest BCUT2D eigenvalue weighted by Crippen LogP contribution is 2.51. The van der Waals surface area contributed by atoms with Gasteiger partial charge in [0.15, 0.2) is 0 Å². The third kappa shape index (κ3) is 6.64. The van der Waals surface area contributed by atoms with E-state index in [0.717, 1.165) is 40.2 Å². The summed E-state index contributed by atoms with van der Waals surface area (Å²) in [5.74, 6) is -1.11. The molecule has 1 amide bonds. The molecular formula is C29H27F7N2O4S. The predicted molar refractivity (Wildman–Crippen MR) is 143 cm³/mol. The summed E-state index contributed by atoms with van der Waals surface area (Å²) in [6, 6.07) is 13.8. The molecular weight excluding hydrogens is 605 g/mol. The van der Waals surface area contributed by atoms with Gasteiger partial charge >= 0.3 is 12.4 Å². The fourth-order valence-electron chi connectivity index (χ4n) is 5.00. The number of aryl methyl sites for hydroxylation is 2. The largest absolute Gasteiger partial charge is 0.430 e. The van der Waals surface area contributed by atoms with Crippen molar-refractivity contribution in [2.45, 2.75) is 61.0 Å². The van der Waals surface area contributed by atoms with Gasteiger partial charge in [0.25, 0.3) is 15.6 Å². The van der Waals surface area contributed by atoms with E-state index in [-0.39, 0.29) is 47.9 Å². The van der Waals surface area contributed by atoms with Crippen LogP contribution in [0.3, 0.4) is 0 Å². The predicted octanol–water partition coefficient (Wildman–Crippen LogP) is 5.79. The molecule has 0 radical (unpaired) electrons. The Morgan fingerprint density at radius 2 is 1.56 bits per heavy atom. The molecule has 2 N–H and O–H groups in total. The Morgan fingerprint density at radius 3 is 2.16 bits per heavy atom. The first-order valence-electron chi connectivity index (χ1n) is 13.2. The highest BCUT2D eigenvalue weighted by Gasteiger charge is 2.71. The van der Waals surface area contributed by atoms with Gasteiger partial charge in [-0.25, -0.2) is 12.8 Å². The van der Waals surface area contributed by atoms with E-state index < -0.39 is 45.4 Å². The first-order chi connectivity index (χ1) is 20.1. The first-order valence-corrected chi connectivity index (χ1v) is 14.6. The molecule has 1 aliphatic heterocycles. The average Bonchev–Trinajstić information content (AvgIpc) is 2.94. The molecule has 0 saturated heterocycles. The quantitative estimate of drug-likeness (QED) is 0.293. The van der Waals surface area contributed by atoms with E-state index >= 15 is 0 Å². The second-order valence-electron chi connectivity index (χ2n) is 10.1. The molecule has 3 aromatic carbocycles. The van der Waals surface area contributed by atoms with Crippen LogP contribution in [0.4, 0.5) is 36.4 Å². The Hall–Kier alpha value is -3.65. The van der Waals surface area contributed by atoms with Gasteiger partial charge in [-0.05, 0) is 67.1 Å². The number of alkyl halides is 6. The lowest BCUT2D eigenvalue weighted by Crippen LogP contribution is -2.54. The highest BCUT2D eigenvalue weighted by atomic mass is 32.2. The van der Waals surface area contributed by atoms with Crippen molar-refractivity contribution in [3.05, 3.63) is 95.3 Å². The highest BCUT2D eigenvalue weighted by molar-refractivity contribution is 7.92. The van der Waals surface area contributed by atoms with Gasteiger partial charge in [0.05, 0.1) is 16.6 Å². The zero-order chi connectivity index (χ0) is 31.6. The molecule has 0 unspecified atom stereocenters. The number of sulfonamides is 1. The van der Waals surface area contributed by atoms with Crippen molar-refractivity contribution in [1.29, 1.82) is 0 Å². The van der Waals surface area contributed by atoms with Crippen molar-refractivity contribution in [2.75, 3.05) is 10.8 Å². The van der Waals surface area contributed by atoms with E-state index in [9.17, 15) is 49.1 Å². The van der Waals surface area contributed by atoms with Crippen LogP contribution in [-0.4, -0.2) is 44.4 Å². The maximum atomic E-state index is 13.7. The summed E-state index contributed by atoms with van der Waals surface area (Å²) in [5, 5.41) is 12.5. The molecule has 6 nitrogen and oxygen atoms in total. The Kier molecular flexibility index (Phi) is 9.12. The second-order valence-corrected chi connectivity index (χ2v) is 12.0. The van der Waals surface area contributed by atoms with Crippen LogP contribution in [0.1, 0.15) is 36.0 Å². The van der Waals surface area contributed by atoms with Gasteiger partial charge in [0.1, 0.15) is 5.82 Å². The third-order valence-electron chi connectivity index (χ3n) is 7.25. The molecule has 14 heteroatoms. The van der Waals surface area contributed by atoms with Crippen LogP contribution in [-0.2, 0) is 33.3 Å². The lowest BCUT2D eigenvalue weighted by molar-refractivity contribution is -0.376. The van der Waals surface area contributed by atoms with E-state index in [1.165, 1.54) is 0 Å². The van der Waals surface area contributed by atoms with Crippen LogP contribution >= 0.6 is 0 Å². The molecule has 0 saturated carbocycles. The Morgan fingerprint density at radius 1 is 0.930 bits per heavy atom. The summed E-state index contributed by atoms with van der Waals surface area (Å²) in [6.07, 6.45) is -11.2. The molecule has 4 rings (SSSR count). The van der Waals surface area contributed by atoms with E-state index in [4.69, 9.17) is 0 Å². The minimum Gasteiger partial charge on any atom is -0.369 e. The second kappa shape index (κ2) is 12.2. The van der Waals surface area contributed by atoms with E-state index in [1.54, 1.807) is 0 Å². The fraction of sp³-hybridized carbons (Fsp3) is 0.345. The maximum absolute atomic E-state index is 13.7. The molecule has 0 spiro atoms. The number of hydrogen-bond donors (Lipinski definition) is 2. The molecule has 0 aliphatic carbocycles. The molecule has 0 fully saturated rings. The van der Waals surface area contributed by atoms with Gasteiger partial charge in [-0.2, -0.15) is 26.3 Å². The van der Waals surface area contributed by atoms with Crippen molar-refractivity contribution in [3.63, 3.8) is 0 Å². The Balaban J connectivity index is 1.64. The van der Waals surface area contributed by atoms with E-state index in [1.807, 2.05) is 30.3 Å². The molecule has 1 aliphatic rings. The number of nitrogens with zero attached hydrogens (tertiary/aromatic N) is 1. The minimum absolute atomic E-state index is 0.0857. The molecule has 0 aromatic heterocycles. The normalized spacial score (nSPS) is 16.1. The van der Waals surface area contributed by atoms with Crippen LogP contribution in [0.5, 0.6) is 0 Å². The smallest absolute Gasteiger partial charge is 0.369 e. The van der Waals surface area contributed by atoms with Gasteiger partial charge in [0, 0.05) is 18.5 Å². The Labute approximate surface area is 243 Å². The monoisotopic (exact) mass is 632 g/mol. The van der Waals surface area contributed by atoms with Crippen LogP contribution in [0.25, 0.3) is 0 Å². The lowest BCUT2D eigenvalue weighted by Gasteiger charge is -2.39. The van der Waals surface area contributed by atoms with Crippen LogP contribution in [0, 0.1) is 5.82 Å². The van der Waals surface area contributed by atoms with Gasteiger partial charge in [-0.15, -0.1) is 0 Å². The van der Waals surface area contributed by atoms with E-state index in [0.29, 0.717) is 25.0 Å². The van der Waals surface area contributed by atoms with Crippen molar-refractivity contribution in [1.82, 2.24) is 5.32 Å². The summed E-state index contributed by atoms with van der Waals surface area (Å²) in [4.78, 5) is 12.2. The summed E-state index contributed by atoms with van der Waals surface area (Å²) in [7, 11) is -4.54. The average molecular weight is 633 g/mol. The van der Waals surface area contributed by atoms with Crippen molar-refractivity contribution in [3.8, 4) is 0 Å². The molecule has 43 heavy (non-hydrogen) atoms. The number of nitrogens with one attached hydrogen (secondary N) is 1. The number of halogens is 7. The maximum Gasteiger partial charge on any atom is 0.430 e. The van der Waals surface area contributed by atoms with Crippen LogP contribution < -0.4 is 9.62 Å². The summed E-state index contributed by atoms with van der Waals surface area (Å²) < 4.78 is 123. The van der Waals surface area contributed by atoms with Crippen LogP contribution in [0.15, 0.2) is 77.7 Å². The number of hydrogen-bond acceptors (Lipinski definition) is 4. The Bertz CT molecular complexity index is 1530. The third-order valence-corrected chi connectivity index (χ3v) is 9.13. The number of amides is 1. The first kappa shape index (κ1) is 32.3. The number of rotatable bonds is 9. The van der Waals surface area contributed by atoms with Crippen LogP contribution in [0.2, 0.25) is 0 Å².